The van der Waals surface area contributed by atoms with E-state index in [9.17, 15) is 5.11 Å². The van der Waals surface area contributed by atoms with Crippen LogP contribution in [0.25, 0.3) is 11.3 Å². The first kappa shape index (κ1) is 9.77. The molecular formula is C12H14N2O. The third kappa shape index (κ3) is 1.86. The highest BCUT2D eigenvalue weighted by atomic mass is 16.3. The quantitative estimate of drug-likeness (QED) is 0.811. The molecule has 0 atom stereocenters. The topological polar surface area (TPSA) is 38.0 Å². The maximum atomic E-state index is 9.43. The molecule has 2 rings (SSSR count). The Balaban J connectivity index is 2.44. The van der Waals surface area contributed by atoms with Gasteiger partial charge in [-0.15, -0.1) is 0 Å². The second-order valence-corrected chi connectivity index (χ2v) is 3.57. The smallest absolute Gasteiger partial charge is 0.209 e. The zero-order valence-corrected chi connectivity index (χ0v) is 8.94. The highest BCUT2D eigenvalue weighted by Crippen LogP contribution is 2.22. The van der Waals surface area contributed by atoms with Crippen LogP contribution >= 0.6 is 0 Å². The van der Waals surface area contributed by atoms with Gasteiger partial charge in [0.15, 0.2) is 0 Å². The number of hydrogen-bond acceptors (Lipinski definition) is 2. The van der Waals surface area contributed by atoms with Gasteiger partial charge >= 0.3 is 0 Å². The normalized spacial score (nSPS) is 10.5. The number of hydrogen-bond donors (Lipinski definition) is 1. The van der Waals surface area contributed by atoms with Gasteiger partial charge in [0.2, 0.25) is 5.88 Å². The first-order valence-electron chi connectivity index (χ1n) is 5.03. The molecule has 0 aliphatic carbocycles. The Bertz CT molecular complexity index is 455. The molecule has 3 heteroatoms. The van der Waals surface area contributed by atoms with Crippen molar-refractivity contribution in [2.24, 2.45) is 7.05 Å². The van der Waals surface area contributed by atoms with E-state index in [2.05, 4.69) is 24.2 Å². The molecule has 1 aromatic heterocycles. The van der Waals surface area contributed by atoms with E-state index in [-0.39, 0.29) is 5.88 Å². The van der Waals surface area contributed by atoms with Crippen molar-refractivity contribution in [2.45, 2.75) is 13.3 Å². The minimum atomic E-state index is 0.187. The molecule has 0 spiro atoms. The van der Waals surface area contributed by atoms with Crippen LogP contribution < -0.4 is 0 Å². The fourth-order valence-corrected chi connectivity index (χ4v) is 1.55. The van der Waals surface area contributed by atoms with Gasteiger partial charge in [0, 0.05) is 18.7 Å². The lowest BCUT2D eigenvalue weighted by Gasteiger charge is -1.99. The van der Waals surface area contributed by atoms with Crippen LogP contribution in [0, 0.1) is 0 Å². The van der Waals surface area contributed by atoms with Gasteiger partial charge in [-0.25, -0.2) is 4.68 Å². The minimum absolute atomic E-state index is 0.187. The predicted molar refractivity (Wildman–Crippen MR) is 59.7 cm³/mol. The van der Waals surface area contributed by atoms with Crippen LogP contribution in [0.5, 0.6) is 5.88 Å². The Morgan fingerprint density at radius 2 is 2.13 bits per heavy atom. The van der Waals surface area contributed by atoms with E-state index in [1.54, 1.807) is 13.1 Å². The van der Waals surface area contributed by atoms with Crippen LogP contribution in [0.3, 0.4) is 0 Å². The van der Waals surface area contributed by atoms with Crippen molar-refractivity contribution >= 4 is 0 Å². The molecule has 3 nitrogen and oxygen atoms in total. The van der Waals surface area contributed by atoms with Crippen molar-refractivity contribution in [3.63, 3.8) is 0 Å². The second kappa shape index (κ2) is 3.77. The van der Waals surface area contributed by atoms with Crippen LogP contribution in [0.4, 0.5) is 0 Å². The molecule has 1 aromatic carbocycles. The lowest BCUT2D eigenvalue weighted by Crippen LogP contribution is -1.89. The number of benzene rings is 1. The number of nitrogens with zero attached hydrogens (tertiary/aromatic N) is 2. The highest BCUT2D eigenvalue weighted by Gasteiger charge is 2.05. The number of rotatable bonds is 2. The largest absolute Gasteiger partial charge is 0.493 e. The number of aryl methyl sites for hydroxylation is 2. The van der Waals surface area contributed by atoms with E-state index in [1.807, 2.05) is 12.1 Å². The Morgan fingerprint density at radius 1 is 1.33 bits per heavy atom. The molecule has 0 aliphatic rings. The summed E-state index contributed by atoms with van der Waals surface area (Å²) in [5.74, 6) is 0.187. The minimum Gasteiger partial charge on any atom is -0.493 e. The fourth-order valence-electron chi connectivity index (χ4n) is 1.55. The van der Waals surface area contributed by atoms with Crippen molar-refractivity contribution in [2.75, 3.05) is 0 Å². The predicted octanol–water partition coefficient (Wildman–Crippen LogP) is 2.36. The van der Waals surface area contributed by atoms with Crippen LogP contribution in [-0.4, -0.2) is 14.9 Å². The summed E-state index contributed by atoms with van der Waals surface area (Å²) in [6, 6.07) is 9.88. The van der Waals surface area contributed by atoms with Crippen molar-refractivity contribution in [3.8, 4) is 17.1 Å². The van der Waals surface area contributed by atoms with Crippen LogP contribution in [0.1, 0.15) is 12.5 Å². The Labute approximate surface area is 89.0 Å². The Morgan fingerprint density at radius 3 is 2.73 bits per heavy atom. The SMILES string of the molecule is CCc1cccc(-c2cc(O)n(C)n2)c1. The number of aromatic hydroxyl groups is 1. The van der Waals surface area contributed by atoms with E-state index in [0.717, 1.165) is 17.7 Å². The molecule has 0 amide bonds. The Kier molecular flexibility index (Phi) is 2.46. The summed E-state index contributed by atoms with van der Waals surface area (Å²) in [6.45, 7) is 2.12. The van der Waals surface area contributed by atoms with Crippen LogP contribution in [0.15, 0.2) is 30.3 Å². The summed E-state index contributed by atoms with van der Waals surface area (Å²) < 4.78 is 1.47. The van der Waals surface area contributed by atoms with Gasteiger partial charge in [0.05, 0.1) is 5.69 Å². The lowest BCUT2D eigenvalue weighted by molar-refractivity contribution is 0.419. The van der Waals surface area contributed by atoms with E-state index in [1.165, 1.54) is 10.2 Å². The average Bonchev–Trinajstić information content (AvgIpc) is 2.59. The molecule has 15 heavy (non-hydrogen) atoms. The summed E-state index contributed by atoms with van der Waals surface area (Å²) in [4.78, 5) is 0. The van der Waals surface area contributed by atoms with Gasteiger partial charge in [0.25, 0.3) is 0 Å². The molecule has 0 radical (unpaired) electrons. The molecule has 1 N–H and O–H groups in total. The standard InChI is InChI=1S/C12H14N2O/c1-3-9-5-4-6-10(7-9)11-8-12(15)14(2)13-11/h4-8,15H,3H2,1-2H3. The molecule has 0 unspecified atom stereocenters. The molecule has 2 aromatic rings. The van der Waals surface area contributed by atoms with Gasteiger partial charge < -0.3 is 5.11 Å². The van der Waals surface area contributed by atoms with Gasteiger partial charge in [-0.3, -0.25) is 0 Å². The van der Waals surface area contributed by atoms with Crippen molar-refractivity contribution in [1.82, 2.24) is 9.78 Å². The molecule has 0 fully saturated rings. The van der Waals surface area contributed by atoms with Crippen molar-refractivity contribution in [3.05, 3.63) is 35.9 Å². The molecule has 1 heterocycles. The summed E-state index contributed by atoms with van der Waals surface area (Å²) in [5, 5.41) is 13.7. The summed E-state index contributed by atoms with van der Waals surface area (Å²) in [7, 11) is 1.72. The van der Waals surface area contributed by atoms with Crippen molar-refractivity contribution in [1.29, 1.82) is 0 Å². The van der Waals surface area contributed by atoms with Gasteiger partial charge in [-0.2, -0.15) is 5.10 Å². The van der Waals surface area contributed by atoms with Crippen LogP contribution in [0.2, 0.25) is 0 Å². The zero-order valence-electron chi connectivity index (χ0n) is 8.94. The maximum Gasteiger partial charge on any atom is 0.209 e. The summed E-state index contributed by atoms with van der Waals surface area (Å²) >= 11 is 0. The molecule has 0 bridgehead atoms. The number of aromatic nitrogens is 2. The van der Waals surface area contributed by atoms with E-state index >= 15 is 0 Å². The van der Waals surface area contributed by atoms with Crippen molar-refractivity contribution < 1.29 is 5.11 Å². The monoisotopic (exact) mass is 202 g/mol. The summed E-state index contributed by atoms with van der Waals surface area (Å²) in [5.41, 5.74) is 3.13. The summed E-state index contributed by atoms with van der Waals surface area (Å²) in [6.07, 6.45) is 1.01. The molecule has 0 saturated heterocycles. The molecule has 0 aliphatic heterocycles. The average molecular weight is 202 g/mol. The second-order valence-electron chi connectivity index (χ2n) is 3.57. The Hall–Kier alpha value is -1.77. The maximum absolute atomic E-state index is 9.43. The molecule has 78 valence electrons. The third-order valence-corrected chi connectivity index (χ3v) is 2.49. The van der Waals surface area contributed by atoms with Gasteiger partial charge in [-0.1, -0.05) is 25.1 Å². The molecular weight excluding hydrogens is 188 g/mol. The van der Waals surface area contributed by atoms with Gasteiger partial charge in [-0.05, 0) is 18.1 Å². The first-order chi connectivity index (χ1) is 7.20. The van der Waals surface area contributed by atoms with Crippen LogP contribution in [-0.2, 0) is 13.5 Å². The molecule has 0 saturated carbocycles. The van der Waals surface area contributed by atoms with E-state index in [0.29, 0.717) is 0 Å². The first-order valence-corrected chi connectivity index (χ1v) is 5.03. The highest BCUT2D eigenvalue weighted by molar-refractivity contribution is 5.61. The fraction of sp³-hybridized carbons (Fsp3) is 0.250. The van der Waals surface area contributed by atoms with E-state index < -0.39 is 0 Å². The third-order valence-electron chi connectivity index (χ3n) is 2.49. The zero-order chi connectivity index (χ0) is 10.8. The lowest BCUT2D eigenvalue weighted by atomic mass is 10.1. The van der Waals surface area contributed by atoms with Gasteiger partial charge in [0.1, 0.15) is 0 Å². The van der Waals surface area contributed by atoms with E-state index in [4.69, 9.17) is 0 Å².